The Bertz CT molecular complexity index is 750. The van der Waals surface area contributed by atoms with Crippen molar-refractivity contribution in [1.82, 2.24) is 15.0 Å². The van der Waals surface area contributed by atoms with Gasteiger partial charge in [0.2, 0.25) is 5.95 Å². The number of hydrogen-bond donors (Lipinski definition) is 2. The number of nitrogens with zero attached hydrogens (tertiary/aromatic N) is 4. The summed E-state index contributed by atoms with van der Waals surface area (Å²) in [5.41, 5.74) is 10.1. The fraction of sp³-hybridized carbons (Fsp3) is 0.333. The van der Waals surface area contributed by atoms with Gasteiger partial charge in [-0.25, -0.2) is 15.0 Å². The third-order valence-corrected chi connectivity index (χ3v) is 4.79. The molecule has 3 N–H and O–H groups in total. The topological polar surface area (TPSA) is 101 Å². The molecular formula is C15H16N6S. The van der Waals surface area contributed by atoms with E-state index in [9.17, 15) is 5.26 Å². The van der Waals surface area contributed by atoms with Gasteiger partial charge >= 0.3 is 0 Å². The molecule has 0 saturated heterocycles. The third kappa shape index (κ3) is 2.35. The molecule has 3 rings (SSSR count). The second-order valence-electron chi connectivity index (χ2n) is 5.00. The largest absolute Gasteiger partial charge is 0.383 e. The van der Waals surface area contributed by atoms with E-state index in [1.807, 2.05) is 6.92 Å². The van der Waals surface area contributed by atoms with E-state index < -0.39 is 0 Å². The normalized spacial score (nSPS) is 16.1. The summed E-state index contributed by atoms with van der Waals surface area (Å²) < 4.78 is 0. The summed E-state index contributed by atoms with van der Waals surface area (Å²) in [5.74, 6) is 1.68. The molecule has 3 heterocycles. The fourth-order valence-electron chi connectivity index (χ4n) is 2.57. The minimum absolute atomic E-state index is 0.279. The van der Waals surface area contributed by atoms with Crippen LogP contribution in [0.4, 0.5) is 11.8 Å². The predicted molar refractivity (Wildman–Crippen MR) is 88.3 cm³/mol. The van der Waals surface area contributed by atoms with Crippen molar-refractivity contribution in [3.8, 4) is 17.2 Å². The van der Waals surface area contributed by atoms with Crippen molar-refractivity contribution in [2.75, 3.05) is 17.6 Å². The number of nitrogen functional groups attached to an aromatic ring is 1. The maximum absolute atomic E-state index is 9.47. The Morgan fingerprint density at radius 1 is 1.45 bits per heavy atom. The first-order chi connectivity index (χ1) is 10.7. The van der Waals surface area contributed by atoms with Crippen molar-refractivity contribution in [2.24, 2.45) is 0 Å². The summed E-state index contributed by atoms with van der Waals surface area (Å²) in [6.45, 7) is 4.85. The molecule has 0 unspecified atom stereocenters. The number of nitrogens with two attached hydrogens (primary N) is 1. The average molecular weight is 312 g/mol. The highest BCUT2D eigenvalue weighted by molar-refractivity contribution is 7.99. The molecule has 1 aliphatic rings. The van der Waals surface area contributed by atoms with Gasteiger partial charge in [-0.1, -0.05) is 0 Å². The highest BCUT2D eigenvalue weighted by Gasteiger charge is 2.28. The number of nitriles is 1. The van der Waals surface area contributed by atoms with Crippen molar-refractivity contribution >= 4 is 23.5 Å². The molecule has 0 saturated carbocycles. The lowest BCUT2D eigenvalue weighted by molar-refractivity contribution is 1.01. The van der Waals surface area contributed by atoms with Crippen molar-refractivity contribution < 1.29 is 0 Å². The van der Waals surface area contributed by atoms with Crippen LogP contribution in [0, 0.1) is 11.3 Å². The van der Waals surface area contributed by atoms with Crippen molar-refractivity contribution in [3.63, 3.8) is 0 Å². The molecule has 0 fully saturated rings. The van der Waals surface area contributed by atoms with E-state index in [1.54, 1.807) is 24.2 Å². The van der Waals surface area contributed by atoms with Gasteiger partial charge in [0.15, 0.2) is 0 Å². The Kier molecular flexibility index (Phi) is 3.86. The number of fused-ring (bicyclic) bond motifs is 1. The SMILES string of the molecule is CCNc1ncc(-c2c(C#N)c(N)nc3c2CS[C@H]3C)cn1. The Balaban J connectivity index is 2.17. The molecule has 0 aromatic carbocycles. The molecule has 0 amide bonds. The Labute approximate surface area is 133 Å². The molecule has 0 aliphatic carbocycles. The number of anilines is 2. The third-order valence-electron chi connectivity index (χ3n) is 3.61. The molecule has 0 radical (unpaired) electrons. The zero-order valence-electron chi connectivity index (χ0n) is 12.4. The average Bonchev–Trinajstić information content (AvgIpc) is 2.88. The first kappa shape index (κ1) is 14.6. The molecule has 112 valence electrons. The monoisotopic (exact) mass is 312 g/mol. The summed E-state index contributed by atoms with van der Waals surface area (Å²) in [4.78, 5) is 13.0. The van der Waals surface area contributed by atoms with Gasteiger partial charge in [0.05, 0.1) is 5.69 Å². The van der Waals surface area contributed by atoms with Gasteiger partial charge in [0.25, 0.3) is 0 Å². The van der Waals surface area contributed by atoms with E-state index in [-0.39, 0.29) is 11.1 Å². The molecule has 2 aromatic rings. The van der Waals surface area contributed by atoms with Crippen LogP contribution >= 0.6 is 11.8 Å². The number of thioether (sulfide) groups is 1. The summed E-state index contributed by atoms with van der Waals surface area (Å²) in [7, 11) is 0. The zero-order valence-corrected chi connectivity index (χ0v) is 13.2. The van der Waals surface area contributed by atoms with Crippen LogP contribution < -0.4 is 11.1 Å². The molecule has 1 aliphatic heterocycles. The first-order valence-electron chi connectivity index (χ1n) is 7.06. The molecule has 7 heteroatoms. The van der Waals surface area contributed by atoms with Crippen molar-refractivity contribution in [1.29, 1.82) is 5.26 Å². The summed E-state index contributed by atoms with van der Waals surface area (Å²) in [6.07, 6.45) is 3.46. The van der Waals surface area contributed by atoms with Crippen LogP contribution in [-0.4, -0.2) is 21.5 Å². The lowest BCUT2D eigenvalue weighted by Gasteiger charge is -2.13. The molecule has 2 aromatic heterocycles. The smallest absolute Gasteiger partial charge is 0.222 e. The number of pyridine rings is 1. The molecule has 22 heavy (non-hydrogen) atoms. The van der Waals surface area contributed by atoms with Gasteiger partial charge in [-0.15, -0.1) is 11.8 Å². The number of hydrogen-bond acceptors (Lipinski definition) is 7. The van der Waals surface area contributed by atoms with Crippen molar-refractivity contribution in [2.45, 2.75) is 24.9 Å². The summed E-state index contributed by atoms with van der Waals surface area (Å²) in [5, 5.41) is 12.8. The van der Waals surface area contributed by atoms with Gasteiger partial charge < -0.3 is 11.1 Å². The van der Waals surface area contributed by atoms with Crippen LogP contribution in [0.15, 0.2) is 12.4 Å². The van der Waals surface area contributed by atoms with E-state index in [1.165, 1.54) is 0 Å². The van der Waals surface area contributed by atoms with E-state index in [4.69, 9.17) is 5.73 Å². The van der Waals surface area contributed by atoms with Crippen LogP contribution in [-0.2, 0) is 5.75 Å². The lowest BCUT2D eigenvalue weighted by atomic mass is 9.96. The minimum atomic E-state index is 0.279. The van der Waals surface area contributed by atoms with Crippen LogP contribution in [0.25, 0.3) is 11.1 Å². The van der Waals surface area contributed by atoms with Gasteiger partial charge in [0.1, 0.15) is 17.5 Å². The molecule has 0 spiro atoms. The highest BCUT2D eigenvalue weighted by Crippen LogP contribution is 2.46. The summed E-state index contributed by atoms with van der Waals surface area (Å²) >= 11 is 1.79. The molecule has 0 bridgehead atoms. The van der Waals surface area contributed by atoms with E-state index >= 15 is 0 Å². The van der Waals surface area contributed by atoms with Gasteiger partial charge in [-0.05, 0) is 19.4 Å². The van der Waals surface area contributed by atoms with Crippen LogP contribution in [0.5, 0.6) is 0 Å². The quantitative estimate of drug-likeness (QED) is 0.898. The minimum Gasteiger partial charge on any atom is -0.383 e. The fourth-order valence-corrected chi connectivity index (χ4v) is 3.63. The number of rotatable bonds is 3. The number of nitrogens with one attached hydrogen (secondary N) is 1. The maximum atomic E-state index is 9.47. The Hall–Kier alpha value is -2.33. The molecule has 6 nitrogen and oxygen atoms in total. The van der Waals surface area contributed by atoms with Crippen molar-refractivity contribution in [3.05, 3.63) is 29.2 Å². The predicted octanol–water partition coefficient (Wildman–Crippen LogP) is 2.73. The standard InChI is InChI=1S/C15H16N6S/c1-3-18-15-19-5-9(6-20-15)12-10(4-16)14(17)21-13-8(2)22-7-11(12)13/h5-6,8H,3,7H2,1-2H3,(H2,17,21)(H,18,19,20)/t8-/m0/s1. The van der Waals surface area contributed by atoms with Gasteiger partial charge in [-0.3, -0.25) is 0 Å². The van der Waals surface area contributed by atoms with E-state index in [2.05, 4.69) is 33.3 Å². The lowest BCUT2D eigenvalue weighted by Crippen LogP contribution is -2.06. The van der Waals surface area contributed by atoms with Crippen LogP contribution in [0.1, 0.15) is 35.9 Å². The number of aromatic nitrogens is 3. The second-order valence-corrected chi connectivity index (χ2v) is 6.33. The second kappa shape index (κ2) is 5.81. The molecular weight excluding hydrogens is 296 g/mol. The van der Waals surface area contributed by atoms with Gasteiger partial charge in [-0.2, -0.15) is 5.26 Å². The first-order valence-corrected chi connectivity index (χ1v) is 8.10. The summed E-state index contributed by atoms with van der Waals surface area (Å²) in [6, 6.07) is 2.18. The highest BCUT2D eigenvalue weighted by atomic mass is 32.2. The Morgan fingerprint density at radius 2 is 2.18 bits per heavy atom. The van der Waals surface area contributed by atoms with Gasteiger partial charge in [0, 0.05) is 41.1 Å². The maximum Gasteiger partial charge on any atom is 0.222 e. The van der Waals surface area contributed by atoms with E-state index in [0.29, 0.717) is 11.5 Å². The zero-order chi connectivity index (χ0) is 15.7. The molecule has 1 atom stereocenters. The van der Waals surface area contributed by atoms with Crippen LogP contribution in [0.2, 0.25) is 0 Å². The van der Waals surface area contributed by atoms with Crippen LogP contribution in [0.3, 0.4) is 0 Å². The Morgan fingerprint density at radius 3 is 2.82 bits per heavy atom. The van der Waals surface area contributed by atoms with E-state index in [0.717, 1.165) is 34.7 Å².